The lowest BCUT2D eigenvalue weighted by atomic mass is 9.74. The molecule has 0 saturated carbocycles. The average molecular weight is 254 g/mol. The first-order valence-corrected chi connectivity index (χ1v) is 5.75. The molecule has 0 aliphatic carbocycles. The van der Waals surface area contributed by atoms with E-state index in [1.54, 1.807) is 0 Å². The lowest BCUT2D eigenvalue weighted by Crippen LogP contribution is -2.42. The Bertz CT molecular complexity index is 432. The molecule has 0 bridgehead atoms. The van der Waals surface area contributed by atoms with Crippen LogP contribution in [0.5, 0.6) is 5.75 Å². The number of hydrogen-bond acceptors (Lipinski definition) is 4. The Morgan fingerprint density at radius 2 is 2.06 bits per heavy atom. The van der Waals surface area contributed by atoms with Crippen molar-refractivity contribution in [1.29, 1.82) is 0 Å². The summed E-state index contributed by atoms with van der Waals surface area (Å²) in [5.41, 5.74) is -0.484. The molecular formula is C13H15FO4. The smallest absolute Gasteiger partial charge is 0.316 e. The van der Waals surface area contributed by atoms with Crippen molar-refractivity contribution in [2.24, 2.45) is 0 Å². The van der Waals surface area contributed by atoms with Crippen LogP contribution >= 0.6 is 0 Å². The van der Waals surface area contributed by atoms with Gasteiger partial charge in [-0.05, 0) is 30.5 Å². The van der Waals surface area contributed by atoms with E-state index in [2.05, 4.69) is 0 Å². The number of carbonyl (C=O) groups is 1. The number of hydrogen-bond donors (Lipinski definition) is 1. The fraction of sp³-hybridized carbons (Fsp3) is 0.462. The van der Waals surface area contributed by atoms with E-state index in [1.165, 1.54) is 19.2 Å². The summed E-state index contributed by atoms with van der Waals surface area (Å²) in [6.45, 7) is 0.818. The molecule has 4 nitrogen and oxygen atoms in total. The van der Waals surface area contributed by atoms with Gasteiger partial charge in [-0.15, -0.1) is 0 Å². The van der Waals surface area contributed by atoms with Crippen LogP contribution in [-0.4, -0.2) is 31.4 Å². The molecule has 1 N–H and O–H groups in total. The van der Waals surface area contributed by atoms with Gasteiger partial charge in [-0.2, -0.15) is 0 Å². The van der Waals surface area contributed by atoms with Gasteiger partial charge in [0.1, 0.15) is 11.6 Å². The minimum absolute atomic E-state index is 0.195. The first-order valence-electron chi connectivity index (χ1n) is 5.75. The van der Waals surface area contributed by atoms with Gasteiger partial charge in [-0.1, -0.05) is 0 Å². The van der Waals surface area contributed by atoms with Crippen molar-refractivity contribution in [1.82, 2.24) is 0 Å². The van der Waals surface area contributed by atoms with Crippen molar-refractivity contribution in [2.45, 2.75) is 18.3 Å². The van der Waals surface area contributed by atoms with Gasteiger partial charge in [0.15, 0.2) is 0 Å². The molecule has 1 aromatic rings. The second kappa shape index (κ2) is 4.94. The number of carbonyl (C=O) groups excluding carboxylic acids is 1. The minimum Gasteiger partial charge on any atom is -0.508 e. The highest BCUT2D eigenvalue weighted by atomic mass is 19.1. The molecule has 0 atom stereocenters. The van der Waals surface area contributed by atoms with E-state index in [1.807, 2.05) is 0 Å². The van der Waals surface area contributed by atoms with Crippen LogP contribution in [0.15, 0.2) is 18.2 Å². The Hall–Kier alpha value is -1.62. The molecule has 1 aromatic carbocycles. The molecule has 1 aliphatic rings. The number of methoxy groups -OCH3 is 1. The molecular weight excluding hydrogens is 239 g/mol. The highest BCUT2D eigenvalue weighted by molar-refractivity contribution is 5.83. The summed E-state index contributed by atoms with van der Waals surface area (Å²) in [6.07, 6.45) is 0.838. The van der Waals surface area contributed by atoms with Crippen molar-refractivity contribution in [3.05, 3.63) is 29.6 Å². The zero-order valence-corrected chi connectivity index (χ0v) is 10.1. The number of benzene rings is 1. The van der Waals surface area contributed by atoms with Gasteiger partial charge in [-0.25, -0.2) is 4.39 Å². The number of ether oxygens (including phenoxy) is 2. The number of halogens is 1. The molecule has 1 saturated heterocycles. The largest absolute Gasteiger partial charge is 0.508 e. The van der Waals surface area contributed by atoms with E-state index in [9.17, 15) is 14.3 Å². The van der Waals surface area contributed by atoms with Gasteiger partial charge in [0.25, 0.3) is 0 Å². The summed E-state index contributed by atoms with van der Waals surface area (Å²) in [5.74, 6) is -1.18. The number of phenols is 1. The maximum Gasteiger partial charge on any atom is 0.316 e. The Balaban J connectivity index is 2.48. The molecule has 0 unspecified atom stereocenters. The average Bonchev–Trinajstić information content (AvgIpc) is 2.37. The van der Waals surface area contributed by atoms with Crippen LogP contribution in [0.25, 0.3) is 0 Å². The number of phenolic OH excluding ortho intramolecular Hbond substituents is 1. The van der Waals surface area contributed by atoms with E-state index in [4.69, 9.17) is 9.47 Å². The van der Waals surface area contributed by atoms with Crippen LogP contribution in [0.3, 0.4) is 0 Å². The van der Waals surface area contributed by atoms with Crippen LogP contribution in [0, 0.1) is 5.82 Å². The zero-order chi connectivity index (χ0) is 13.2. The van der Waals surface area contributed by atoms with Crippen LogP contribution in [0.1, 0.15) is 18.4 Å². The summed E-state index contributed by atoms with van der Waals surface area (Å²) in [4.78, 5) is 12.0. The highest BCUT2D eigenvalue weighted by Crippen LogP contribution is 2.37. The zero-order valence-electron chi connectivity index (χ0n) is 10.1. The standard InChI is InChI=1S/C13H15FO4/c1-17-12(16)13(2-4-18-5-3-13)9-6-10(14)8-11(15)7-9/h6-8,15H,2-5H2,1H3. The second-order valence-corrected chi connectivity index (χ2v) is 4.38. The van der Waals surface area contributed by atoms with Crippen LogP contribution in [0.4, 0.5) is 4.39 Å². The fourth-order valence-electron chi connectivity index (χ4n) is 2.38. The summed E-state index contributed by atoms with van der Waals surface area (Å²) in [7, 11) is 1.30. The summed E-state index contributed by atoms with van der Waals surface area (Å²) in [5, 5.41) is 9.47. The highest BCUT2D eigenvalue weighted by Gasteiger charge is 2.43. The predicted molar refractivity (Wildman–Crippen MR) is 61.8 cm³/mol. The van der Waals surface area contributed by atoms with Gasteiger partial charge < -0.3 is 14.6 Å². The van der Waals surface area contributed by atoms with E-state index in [-0.39, 0.29) is 5.75 Å². The monoisotopic (exact) mass is 254 g/mol. The Morgan fingerprint density at radius 1 is 1.39 bits per heavy atom. The Labute approximate surface area is 104 Å². The van der Waals surface area contributed by atoms with Gasteiger partial charge in [0.2, 0.25) is 0 Å². The molecule has 98 valence electrons. The fourth-order valence-corrected chi connectivity index (χ4v) is 2.38. The predicted octanol–water partition coefficient (Wildman–Crippen LogP) is 1.75. The minimum atomic E-state index is -0.924. The summed E-state index contributed by atoms with van der Waals surface area (Å²) < 4.78 is 23.4. The van der Waals surface area contributed by atoms with Crippen molar-refractivity contribution in [3.8, 4) is 5.75 Å². The SMILES string of the molecule is COC(=O)C1(c2cc(O)cc(F)c2)CCOCC1. The lowest BCUT2D eigenvalue weighted by molar-refractivity contribution is -0.151. The van der Waals surface area contributed by atoms with E-state index < -0.39 is 17.2 Å². The quantitative estimate of drug-likeness (QED) is 0.817. The van der Waals surface area contributed by atoms with Crippen molar-refractivity contribution >= 4 is 5.97 Å². The summed E-state index contributed by atoms with van der Waals surface area (Å²) >= 11 is 0. The third-order valence-corrected chi connectivity index (χ3v) is 3.36. The molecule has 1 heterocycles. The maximum atomic E-state index is 13.4. The first kappa shape index (κ1) is 12.8. The van der Waals surface area contributed by atoms with Crippen molar-refractivity contribution in [3.63, 3.8) is 0 Å². The van der Waals surface area contributed by atoms with Crippen molar-refractivity contribution < 1.29 is 23.8 Å². The van der Waals surface area contributed by atoms with Crippen LogP contribution in [-0.2, 0) is 19.7 Å². The molecule has 18 heavy (non-hydrogen) atoms. The lowest BCUT2D eigenvalue weighted by Gasteiger charge is -2.34. The normalized spacial score (nSPS) is 18.3. The van der Waals surface area contributed by atoms with Gasteiger partial charge in [0.05, 0.1) is 12.5 Å². The van der Waals surface area contributed by atoms with Gasteiger partial charge in [0, 0.05) is 19.3 Å². The molecule has 1 fully saturated rings. The number of rotatable bonds is 2. The third-order valence-electron chi connectivity index (χ3n) is 3.36. The van der Waals surface area contributed by atoms with E-state index in [0.29, 0.717) is 31.6 Å². The van der Waals surface area contributed by atoms with Gasteiger partial charge >= 0.3 is 5.97 Å². The van der Waals surface area contributed by atoms with Gasteiger partial charge in [-0.3, -0.25) is 4.79 Å². The molecule has 0 spiro atoms. The van der Waals surface area contributed by atoms with E-state index in [0.717, 1.165) is 6.07 Å². The molecule has 1 aliphatic heterocycles. The third kappa shape index (κ3) is 2.18. The van der Waals surface area contributed by atoms with Crippen LogP contribution < -0.4 is 0 Å². The number of aromatic hydroxyl groups is 1. The topological polar surface area (TPSA) is 55.8 Å². The molecule has 0 aromatic heterocycles. The second-order valence-electron chi connectivity index (χ2n) is 4.38. The van der Waals surface area contributed by atoms with E-state index >= 15 is 0 Å². The van der Waals surface area contributed by atoms with Crippen LogP contribution in [0.2, 0.25) is 0 Å². The maximum absolute atomic E-state index is 13.4. The molecule has 0 amide bonds. The molecule has 5 heteroatoms. The Morgan fingerprint density at radius 3 is 2.61 bits per heavy atom. The molecule has 2 rings (SSSR count). The Kier molecular flexibility index (Phi) is 3.52. The number of esters is 1. The van der Waals surface area contributed by atoms with Crippen molar-refractivity contribution in [2.75, 3.05) is 20.3 Å². The molecule has 0 radical (unpaired) electrons. The summed E-state index contributed by atoms with van der Waals surface area (Å²) in [6, 6.07) is 3.68. The first-order chi connectivity index (χ1) is 8.58.